The summed E-state index contributed by atoms with van der Waals surface area (Å²) in [6.45, 7) is 1.82. The Kier molecular flexibility index (Phi) is 6.51. The van der Waals surface area contributed by atoms with Gasteiger partial charge in [-0.05, 0) is 60.4 Å². The van der Waals surface area contributed by atoms with E-state index < -0.39 is 22.0 Å². The summed E-state index contributed by atoms with van der Waals surface area (Å²) in [7, 11) is -4.06. The molecule has 2 amide bonds. The molecule has 0 aromatic heterocycles. The maximum absolute atomic E-state index is 13.2. The van der Waals surface area contributed by atoms with Crippen molar-refractivity contribution >= 4 is 44.8 Å². The van der Waals surface area contributed by atoms with Crippen molar-refractivity contribution in [2.75, 3.05) is 10.6 Å². The van der Waals surface area contributed by atoms with Crippen molar-refractivity contribution in [3.8, 4) is 0 Å². The third-order valence-electron chi connectivity index (χ3n) is 5.41. The molecule has 0 bridgehead atoms. The molecule has 3 N–H and O–H groups in total. The number of benzene rings is 3. The molecule has 0 radical (unpaired) electrons. The van der Waals surface area contributed by atoms with Crippen LogP contribution in [0.1, 0.15) is 29.2 Å². The van der Waals surface area contributed by atoms with Crippen molar-refractivity contribution in [3.63, 3.8) is 0 Å². The largest absolute Gasteiger partial charge is 0.326 e. The van der Waals surface area contributed by atoms with Crippen LogP contribution in [0.5, 0.6) is 0 Å². The van der Waals surface area contributed by atoms with E-state index in [2.05, 4.69) is 15.4 Å². The van der Waals surface area contributed by atoms with Crippen LogP contribution in [0.4, 0.5) is 11.4 Å². The Labute approximate surface area is 197 Å². The van der Waals surface area contributed by atoms with Gasteiger partial charge in [0.05, 0.1) is 4.90 Å². The van der Waals surface area contributed by atoms with Gasteiger partial charge in [0.15, 0.2) is 0 Å². The summed E-state index contributed by atoms with van der Waals surface area (Å²) in [6.07, 6.45) is 0.735. The number of anilines is 2. The minimum absolute atomic E-state index is 0.0186. The lowest BCUT2D eigenvalue weighted by molar-refractivity contribution is -0.118. The third-order valence-corrected chi connectivity index (χ3v) is 7.06. The Morgan fingerprint density at radius 2 is 1.79 bits per heavy atom. The molecule has 1 heterocycles. The molecule has 1 aliphatic heterocycles. The van der Waals surface area contributed by atoms with Gasteiger partial charge in [0.25, 0.3) is 0 Å². The van der Waals surface area contributed by atoms with E-state index in [1.165, 1.54) is 12.1 Å². The number of fused-ring (bicyclic) bond motifs is 1. The van der Waals surface area contributed by atoms with Crippen LogP contribution in [0.2, 0.25) is 5.02 Å². The molecule has 4 rings (SSSR count). The first-order chi connectivity index (χ1) is 15.7. The second-order valence-corrected chi connectivity index (χ2v) is 9.93. The van der Waals surface area contributed by atoms with Crippen LogP contribution in [0.15, 0.2) is 71.6 Å². The van der Waals surface area contributed by atoms with E-state index >= 15 is 0 Å². The van der Waals surface area contributed by atoms with Crippen molar-refractivity contribution in [1.29, 1.82) is 0 Å². The molecule has 3 aromatic carbocycles. The zero-order valence-corrected chi connectivity index (χ0v) is 19.3. The van der Waals surface area contributed by atoms with E-state index in [0.29, 0.717) is 28.4 Å². The number of rotatable bonds is 6. The smallest absolute Gasteiger partial charge is 0.247 e. The molecule has 9 heteroatoms. The number of carbonyl (C=O) groups excluding carboxylic acids is 2. The van der Waals surface area contributed by atoms with Gasteiger partial charge >= 0.3 is 0 Å². The topological polar surface area (TPSA) is 104 Å². The fraction of sp³-hybridized carbons (Fsp3) is 0.167. The van der Waals surface area contributed by atoms with E-state index in [9.17, 15) is 18.0 Å². The second-order valence-electron chi connectivity index (χ2n) is 7.78. The van der Waals surface area contributed by atoms with Gasteiger partial charge in [-0.15, -0.1) is 0 Å². The van der Waals surface area contributed by atoms with Crippen LogP contribution in [0.3, 0.4) is 0 Å². The Hall–Kier alpha value is -3.20. The number of hydrogen-bond donors (Lipinski definition) is 3. The number of amides is 2. The zero-order chi connectivity index (χ0) is 23.6. The van der Waals surface area contributed by atoms with Gasteiger partial charge in [-0.1, -0.05) is 48.0 Å². The Balaban J connectivity index is 1.65. The quantitative estimate of drug-likeness (QED) is 0.489. The van der Waals surface area contributed by atoms with E-state index in [0.717, 1.165) is 11.1 Å². The fourth-order valence-corrected chi connectivity index (χ4v) is 5.01. The Bertz CT molecular complexity index is 1330. The molecule has 1 aliphatic rings. The average Bonchev–Trinajstić information content (AvgIpc) is 2.80. The van der Waals surface area contributed by atoms with Gasteiger partial charge in [0.2, 0.25) is 21.8 Å². The summed E-state index contributed by atoms with van der Waals surface area (Å²) in [5, 5.41) is 5.96. The molecular weight excluding hydrogens is 462 g/mol. The molecule has 0 unspecified atom stereocenters. The standard InChI is InChI=1S/C24H22ClN3O4S/c1-15-7-9-18(25)14-21(15)27-24(30)23(16-5-3-2-4-6-16)28-33(31,32)19-10-11-20-17(13-19)8-12-22(29)26-20/h2-7,9-11,13-14,23,28H,8,12H2,1H3,(H,26,29)(H,27,30)/t23-/m0/s1. The summed E-state index contributed by atoms with van der Waals surface area (Å²) >= 11 is 6.06. The van der Waals surface area contributed by atoms with E-state index in [-0.39, 0.29) is 17.2 Å². The van der Waals surface area contributed by atoms with Gasteiger partial charge in [0.1, 0.15) is 6.04 Å². The number of aryl methyl sites for hydroxylation is 2. The van der Waals surface area contributed by atoms with Gasteiger partial charge < -0.3 is 10.6 Å². The monoisotopic (exact) mass is 483 g/mol. The van der Waals surface area contributed by atoms with Crippen molar-refractivity contribution in [3.05, 3.63) is 88.4 Å². The predicted octanol–water partition coefficient (Wildman–Crippen LogP) is 4.19. The van der Waals surface area contributed by atoms with Crippen LogP contribution < -0.4 is 15.4 Å². The lowest BCUT2D eigenvalue weighted by atomic mass is 10.0. The molecule has 0 aliphatic carbocycles. The van der Waals surface area contributed by atoms with Crippen LogP contribution in [-0.2, 0) is 26.0 Å². The highest BCUT2D eigenvalue weighted by Gasteiger charge is 2.28. The summed E-state index contributed by atoms with van der Waals surface area (Å²) in [5.41, 5.74) is 3.10. The van der Waals surface area contributed by atoms with Gasteiger partial charge in [-0.3, -0.25) is 9.59 Å². The predicted molar refractivity (Wildman–Crippen MR) is 128 cm³/mol. The number of sulfonamides is 1. The van der Waals surface area contributed by atoms with E-state index in [1.54, 1.807) is 54.6 Å². The number of carbonyl (C=O) groups is 2. The summed E-state index contributed by atoms with van der Waals surface area (Å²) in [6, 6.07) is 17.0. The first-order valence-corrected chi connectivity index (χ1v) is 12.2. The van der Waals surface area contributed by atoms with Gasteiger partial charge in [0, 0.05) is 22.8 Å². The maximum Gasteiger partial charge on any atom is 0.247 e. The minimum Gasteiger partial charge on any atom is -0.326 e. The number of hydrogen-bond acceptors (Lipinski definition) is 4. The fourth-order valence-electron chi connectivity index (χ4n) is 3.60. The zero-order valence-electron chi connectivity index (χ0n) is 17.8. The molecule has 7 nitrogen and oxygen atoms in total. The maximum atomic E-state index is 13.2. The number of nitrogens with one attached hydrogen (secondary N) is 3. The lowest BCUT2D eigenvalue weighted by Gasteiger charge is -2.21. The molecule has 1 atom stereocenters. The molecule has 3 aromatic rings. The summed E-state index contributed by atoms with van der Waals surface area (Å²) in [4.78, 5) is 24.8. The van der Waals surface area contributed by atoms with E-state index in [1.807, 2.05) is 6.92 Å². The van der Waals surface area contributed by atoms with Crippen molar-refractivity contribution < 1.29 is 18.0 Å². The highest BCUT2D eigenvalue weighted by atomic mass is 35.5. The normalized spacial score (nSPS) is 14.2. The first-order valence-electron chi connectivity index (χ1n) is 10.3. The van der Waals surface area contributed by atoms with E-state index in [4.69, 9.17) is 11.6 Å². The lowest BCUT2D eigenvalue weighted by Crippen LogP contribution is -2.37. The highest BCUT2D eigenvalue weighted by Crippen LogP contribution is 2.27. The second kappa shape index (κ2) is 9.35. The number of halogens is 1. The van der Waals surface area contributed by atoms with Crippen molar-refractivity contribution in [2.45, 2.75) is 30.7 Å². The summed E-state index contributed by atoms with van der Waals surface area (Å²) < 4.78 is 29.0. The van der Waals surface area contributed by atoms with Gasteiger partial charge in [-0.2, -0.15) is 4.72 Å². The highest BCUT2D eigenvalue weighted by molar-refractivity contribution is 7.89. The van der Waals surface area contributed by atoms with Crippen LogP contribution in [-0.4, -0.2) is 20.2 Å². The van der Waals surface area contributed by atoms with Gasteiger partial charge in [-0.25, -0.2) is 8.42 Å². The summed E-state index contributed by atoms with van der Waals surface area (Å²) in [5.74, 6) is -0.645. The first kappa shape index (κ1) is 23.0. The minimum atomic E-state index is -4.06. The van der Waals surface area contributed by atoms with Crippen molar-refractivity contribution in [2.24, 2.45) is 0 Å². The molecular formula is C24H22ClN3O4S. The molecule has 0 spiro atoms. The third kappa shape index (κ3) is 5.24. The Morgan fingerprint density at radius 3 is 2.55 bits per heavy atom. The average molecular weight is 484 g/mol. The Morgan fingerprint density at radius 1 is 1.03 bits per heavy atom. The molecule has 33 heavy (non-hydrogen) atoms. The molecule has 170 valence electrons. The van der Waals surface area contributed by atoms with Crippen molar-refractivity contribution in [1.82, 2.24) is 4.72 Å². The molecule has 0 saturated heterocycles. The van der Waals surface area contributed by atoms with Crippen LogP contribution >= 0.6 is 11.6 Å². The van der Waals surface area contributed by atoms with Crippen LogP contribution in [0, 0.1) is 6.92 Å². The molecule has 0 fully saturated rings. The SMILES string of the molecule is Cc1ccc(Cl)cc1NC(=O)[C@@H](NS(=O)(=O)c1ccc2c(c1)CCC(=O)N2)c1ccccc1. The van der Waals surface area contributed by atoms with Crippen LogP contribution in [0.25, 0.3) is 0 Å². The molecule has 0 saturated carbocycles.